The van der Waals surface area contributed by atoms with Gasteiger partial charge >= 0.3 is 5.97 Å². The summed E-state index contributed by atoms with van der Waals surface area (Å²) in [6.07, 6.45) is 0.918. The maximum Gasteiger partial charge on any atom is 0.358 e. The third kappa shape index (κ3) is 3.98. The van der Waals surface area contributed by atoms with Crippen LogP contribution in [0.2, 0.25) is 5.02 Å². The van der Waals surface area contributed by atoms with Crippen molar-refractivity contribution >= 4 is 29.3 Å². The Labute approximate surface area is 132 Å². The molecule has 21 heavy (non-hydrogen) atoms. The largest absolute Gasteiger partial charge is 0.476 e. The van der Waals surface area contributed by atoms with Gasteiger partial charge in [-0.15, -0.1) is 5.10 Å². The fourth-order valence-corrected chi connectivity index (χ4v) is 2.72. The molecule has 0 amide bonds. The quantitative estimate of drug-likeness (QED) is 0.790. The second-order valence-corrected chi connectivity index (χ2v) is 6.20. The number of aromatic carboxylic acids is 1. The summed E-state index contributed by atoms with van der Waals surface area (Å²) in [4.78, 5) is 11.3. The Morgan fingerprint density at radius 3 is 2.71 bits per heavy atom. The highest BCUT2D eigenvalue weighted by Crippen LogP contribution is 2.24. The molecule has 0 unspecified atom stereocenters. The zero-order chi connectivity index (χ0) is 15.2. The lowest BCUT2D eigenvalue weighted by atomic mass is 10.1. The molecule has 1 N–H and O–H groups in total. The van der Waals surface area contributed by atoms with Crippen LogP contribution in [0.4, 0.5) is 0 Å². The number of hydrogen-bond donors (Lipinski definition) is 1. The number of carboxylic acid groups (broad SMARTS) is 1. The van der Waals surface area contributed by atoms with Crippen LogP contribution in [0.25, 0.3) is 11.3 Å². The molecule has 0 saturated carbocycles. The predicted molar refractivity (Wildman–Crippen MR) is 85.0 cm³/mol. The average molecular weight is 326 g/mol. The molecule has 0 radical (unpaired) electrons. The molecule has 0 spiro atoms. The first kappa shape index (κ1) is 15.9. The van der Waals surface area contributed by atoms with Crippen LogP contribution in [0.5, 0.6) is 0 Å². The van der Waals surface area contributed by atoms with Crippen molar-refractivity contribution < 1.29 is 9.90 Å². The van der Waals surface area contributed by atoms with E-state index in [0.29, 0.717) is 17.3 Å². The van der Waals surface area contributed by atoms with Crippen LogP contribution in [0, 0.1) is 0 Å². The van der Waals surface area contributed by atoms with Gasteiger partial charge in [0.25, 0.3) is 0 Å². The first-order valence-electron chi connectivity index (χ1n) is 6.64. The summed E-state index contributed by atoms with van der Waals surface area (Å²) in [5.74, 6) is 1.01. The van der Waals surface area contributed by atoms with Gasteiger partial charge in [0.05, 0.1) is 0 Å². The third-order valence-electron chi connectivity index (χ3n) is 2.92. The number of halogens is 1. The number of hydrogen-bond acceptors (Lipinski definition) is 4. The maximum atomic E-state index is 11.3. The van der Waals surface area contributed by atoms with E-state index in [0.717, 1.165) is 23.5 Å². The van der Waals surface area contributed by atoms with Crippen LogP contribution in [0.1, 0.15) is 23.8 Å². The zero-order valence-corrected chi connectivity index (χ0v) is 13.2. The Morgan fingerprint density at radius 1 is 1.38 bits per heavy atom. The monoisotopic (exact) mass is 325 g/mol. The molecule has 1 heterocycles. The molecular weight excluding hydrogens is 310 g/mol. The number of rotatable bonds is 7. The normalized spacial score (nSPS) is 10.8. The second-order valence-electron chi connectivity index (χ2n) is 4.37. The van der Waals surface area contributed by atoms with Gasteiger partial charge in [-0.3, -0.25) is 0 Å². The molecule has 5 nitrogen and oxygen atoms in total. The van der Waals surface area contributed by atoms with Gasteiger partial charge in [0.15, 0.2) is 5.69 Å². The molecule has 0 fully saturated rings. The van der Waals surface area contributed by atoms with Crippen molar-refractivity contribution in [3.63, 3.8) is 0 Å². The van der Waals surface area contributed by atoms with Crippen LogP contribution in [-0.4, -0.2) is 37.6 Å². The van der Waals surface area contributed by atoms with Crippen molar-refractivity contribution in [2.75, 3.05) is 11.5 Å². The van der Waals surface area contributed by atoms with Crippen molar-refractivity contribution in [1.82, 2.24) is 15.0 Å². The zero-order valence-electron chi connectivity index (χ0n) is 11.6. The second kappa shape index (κ2) is 7.47. The Kier molecular flexibility index (Phi) is 5.64. The highest BCUT2D eigenvalue weighted by Gasteiger charge is 2.20. The van der Waals surface area contributed by atoms with Crippen LogP contribution < -0.4 is 0 Å². The van der Waals surface area contributed by atoms with Crippen LogP contribution in [0.15, 0.2) is 24.3 Å². The van der Waals surface area contributed by atoms with E-state index in [2.05, 4.69) is 17.2 Å². The van der Waals surface area contributed by atoms with Gasteiger partial charge < -0.3 is 5.11 Å². The number of benzene rings is 1. The van der Waals surface area contributed by atoms with Crippen molar-refractivity contribution in [1.29, 1.82) is 0 Å². The molecule has 1 aromatic carbocycles. The highest BCUT2D eigenvalue weighted by molar-refractivity contribution is 7.99. The van der Waals surface area contributed by atoms with E-state index in [1.165, 1.54) is 0 Å². The molecule has 0 aliphatic heterocycles. The smallest absolute Gasteiger partial charge is 0.358 e. The number of carbonyl (C=O) groups is 1. The first-order valence-corrected chi connectivity index (χ1v) is 8.17. The SMILES string of the molecule is CCSCCCn1nnc(C(=O)O)c1-c1ccc(Cl)cc1. The third-order valence-corrected chi connectivity index (χ3v) is 4.16. The minimum absolute atomic E-state index is 0.0273. The number of carboxylic acids is 1. The Bertz CT molecular complexity index is 613. The lowest BCUT2D eigenvalue weighted by molar-refractivity contribution is 0.0691. The van der Waals surface area contributed by atoms with Crippen molar-refractivity contribution in [3.05, 3.63) is 35.0 Å². The van der Waals surface area contributed by atoms with Crippen LogP contribution >= 0.6 is 23.4 Å². The topological polar surface area (TPSA) is 68.0 Å². The van der Waals surface area contributed by atoms with Gasteiger partial charge in [-0.05, 0) is 30.1 Å². The minimum Gasteiger partial charge on any atom is -0.476 e. The van der Waals surface area contributed by atoms with Crippen LogP contribution in [-0.2, 0) is 6.54 Å². The van der Waals surface area contributed by atoms with Gasteiger partial charge in [0, 0.05) is 17.1 Å². The molecule has 0 aliphatic carbocycles. The molecule has 2 aromatic rings. The Hall–Kier alpha value is -1.53. The Morgan fingerprint density at radius 2 is 2.10 bits per heavy atom. The van der Waals surface area contributed by atoms with E-state index in [1.807, 2.05) is 11.8 Å². The van der Waals surface area contributed by atoms with E-state index < -0.39 is 5.97 Å². The molecule has 1 aromatic heterocycles. The molecule has 0 saturated heterocycles. The summed E-state index contributed by atoms with van der Waals surface area (Å²) < 4.78 is 1.66. The average Bonchev–Trinajstić information content (AvgIpc) is 2.88. The number of aryl methyl sites for hydroxylation is 1. The van der Waals surface area contributed by atoms with Crippen LogP contribution in [0.3, 0.4) is 0 Å². The van der Waals surface area contributed by atoms with Crippen molar-refractivity contribution in [2.24, 2.45) is 0 Å². The molecule has 0 aliphatic rings. The summed E-state index contributed by atoms with van der Waals surface area (Å²) in [7, 11) is 0. The van der Waals surface area contributed by atoms with Crippen molar-refractivity contribution in [2.45, 2.75) is 19.9 Å². The van der Waals surface area contributed by atoms with Gasteiger partial charge in [-0.2, -0.15) is 11.8 Å². The maximum absolute atomic E-state index is 11.3. The minimum atomic E-state index is -1.07. The number of thioether (sulfide) groups is 1. The molecule has 0 bridgehead atoms. The summed E-state index contributed by atoms with van der Waals surface area (Å²) >= 11 is 7.73. The van der Waals surface area contributed by atoms with Gasteiger partial charge in [-0.25, -0.2) is 9.48 Å². The van der Waals surface area contributed by atoms with E-state index in [-0.39, 0.29) is 5.69 Å². The van der Waals surface area contributed by atoms with Gasteiger partial charge in [-0.1, -0.05) is 35.9 Å². The summed E-state index contributed by atoms with van der Waals surface area (Å²) in [6, 6.07) is 7.02. The summed E-state index contributed by atoms with van der Waals surface area (Å²) in [5.41, 5.74) is 1.26. The number of aromatic nitrogens is 3. The fraction of sp³-hybridized carbons (Fsp3) is 0.357. The fourth-order valence-electron chi connectivity index (χ4n) is 1.97. The van der Waals surface area contributed by atoms with E-state index >= 15 is 0 Å². The standard InChI is InChI=1S/C14H16ClN3O2S/c1-2-21-9-3-8-18-13(12(14(19)20)16-17-18)10-4-6-11(15)7-5-10/h4-7H,2-3,8-9H2,1H3,(H,19,20). The van der Waals surface area contributed by atoms with Gasteiger partial charge in [0.1, 0.15) is 5.69 Å². The van der Waals surface area contributed by atoms with E-state index in [4.69, 9.17) is 11.6 Å². The summed E-state index contributed by atoms with van der Waals surface area (Å²) in [5, 5.41) is 17.6. The van der Waals surface area contributed by atoms with E-state index in [9.17, 15) is 9.90 Å². The molecular formula is C14H16ClN3O2S. The highest BCUT2D eigenvalue weighted by atomic mass is 35.5. The van der Waals surface area contributed by atoms with E-state index in [1.54, 1.807) is 28.9 Å². The molecule has 0 atom stereocenters. The Balaban J connectivity index is 2.29. The first-order chi connectivity index (χ1) is 10.1. The molecule has 112 valence electrons. The van der Waals surface area contributed by atoms with Crippen molar-refractivity contribution in [3.8, 4) is 11.3 Å². The predicted octanol–water partition coefficient (Wildman–Crippen LogP) is 3.44. The summed E-state index contributed by atoms with van der Waals surface area (Å²) in [6.45, 7) is 2.76. The van der Waals surface area contributed by atoms with Gasteiger partial charge in [0.2, 0.25) is 0 Å². The molecule has 2 rings (SSSR count). The number of nitrogens with zero attached hydrogens (tertiary/aromatic N) is 3. The lowest BCUT2D eigenvalue weighted by Crippen LogP contribution is -2.06. The lowest BCUT2D eigenvalue weighted by Gasteiger charge is -2.07. The molecule has 7 heteroatoms.